The normalized spacial score (nSPS) is 17.3. The van der Waals surface area contributed by atoms with E-state index in [9.17, 15) is 9.59 Å². The van der Waals surface area contributed by atoms with E-state index in [1.54, 1.807) is 18.1 Å². The number of likely N-dealkylation sites (tertiary alicyclic amines) is 1. The number of carbonyl (C=O) groups excluding carboxylic acids is 2. The second-order valence-electron chi connectivity index (χ2n) is 8.12. The average molecular weight is 377 g/mol. The third-order valence-electron chi connectivity index (χ3n) is 4.43. The molecule has 27 heavy (non-hydrogen) atoms. The monoisotopic (exact) mass is 376 g/mol. The van der Waals surface area contributed by atoms with Crippen LogP contribution in [0, 0.1) is 5.92 Å². The summed E-state index contributed by atoms with van der Waals surface area (Å²) in [4.78, 5) is 32.3. The molecule has 0 spiro atoms. The lowest BCUT2D eigenvalue weighted by atomic mass is 9.98. The van der Waals surface area contributed by atoms with Crippen LogP contribution < -0.4 is 5.32 Å². The van der Waals surface area contributed by atoms with Crippen molar-refractivity contribution >= 4 is 12.1 Å². The van der Waals surface area contributed by atoms with E-state index in [0.29, 0.717) is 26.1 Å². The Bertz CT molecular complexity index is 615. The topological polar surface area (TPSA) is 74.8 Å². The van der Waals surface area contributed by atoms with Gasteiger partial charge in [0.15, 0.2) is 0 Å². The molecule has 0 aliphatic carbocycles. The van der Waals surface area contributed by atoms with Crippen LogP contribution in [-0.4, -0.2) is 65.7 Å². The zero-order valence-electron chi connectivity index (χ0n) is 16.9. The van der Waals surface area contributed by atoms with Gasteiger partial charge in [0.1, 0.15) is 5.60 Å². The fourth-order valence-electron chi connectivity index (χ4n) is 3.16. The summed E-state index contributed by atoms with van der Waals surface area (Å²) in [6.45, 7) is 8.13. The van der Waals surface area contributed by atoms with Crippen molar-refractivity contribution in [2.75, 3.05) is 33.2 Å². The molecule has 0 unspecified atom stereocenters. The number of aromatic nitrogens is 1. The Balaban J connectivity index is 1.75. The Hall–Kier alpha value is -2.31. The number of hydrogen-bond donors (Lipinski definition) is 1. The number of carbonyl (C=O) groups is 2. The van der Waals surface area contributed by atoms with Crippen LogP contribution in [0.1, 0.15) is 39.3 Å². The number of urea groups is 1. The summed E-state index contributed by atoms with van der Waals surface area (Å²) in [5.41, 5.74) is 0.463. The largest absolute Gasteiger partial charge is 0.444 e. The summed E-state index contributed by atoms with van der Waals surface area (Å²) in [6, 6.07) is 5.73. The second-order valence-corrected chi connectivity index (χ2v) is 8.12. The number of ether oxygens (including phenoxy) is 1. The van der Waals surface area contributed by atoms with Gasteiger partial charge in [0.05, 0.1) is 0 Å². The van der Waals surface area contributed by atoms with Crippen molar-refractivity contribution in [1.29, 1.82) is 0 Å². The number of amides is 3. The number of nitrogens with one attached hydrogen (secondary N) is 1. The van der Waals surface area contributed by atoms with E-state index in [0.717, 1.165) is 25.1 Å². The van der Waals surface area contributed by atoms with Gasteiger partial charge in [-0.15, -0.1) is 0 Å². The highest BCUT2D eigenvalue weighted by molar-refractivity contribution is 5.74. The lowest BCUT2D eigenvalue weighted by Gasteiger charge is -2.35. The van der Waals surface area contributed by atoms with E-state index in [-0.39, 0.29) is 18.0 Å². The van der Waals surface area contributed by atoms with Gasteiger partial charge in [-0.25, -0.2) is 9.59 Å². The third kappa shape index (κ3) is 7.45. The predicted octanol–water partition coefficient (Wildman–Crippen LogP) is 2.91. The maximum absolute atomic E-state index is 12.4. The molecular weight excluding hydrogens is 344 g/mol. The molecule has 150 valence electrons. The minimum atomic E-state index is -0.503. The summed E-state index contributed by atoms with van der Waals surface area (Å²) in [7, 11) is 1.75. The van der Waals surface area contributed by atoms with Crippen molar-refractivity contribution in [2.45, 2.75) is 45.6 Å². The van der Waals surface area contributed by atoms with Gasteiger partial charge >= 0.3 is 12.1 Å². The van der Waals surface area contributed by atoms with Crippen molar-refractivity contribution in [3.8, 4) is 0 Å². The summed E-state index contributed by atoms with van der Waals surface area (Å²) in [5, 5.41) is 2.97. The van der Waals surface area contributed by atoms with Gasteiger partial charge < -0.3 is 19.9 Å². The van der Waals surface area contributed by atoms with Crippen LogP contribution in [0.15, 0.2) is 24.4 Å². The Morgan fingerprint density at radius 2 is 2.15 bits per heavy atom. The molecule has 1 aromatic rings. The number of nitrogens with zero attached hydrogens (tertiary/aromatic N) is 3. The minimum absolute atomic E-state index is 0.0458. The number of piperidine rings is 1. The van der Waals surface area contributed by atoms with Crippen molar-refractivity contribution in [3.63, 3.8) is 0 Å². The maximum atomic E-state index is 12.4. The second kappa shape index (κ2) is 9.58. The van der Waals surface area contributed by atoms with E-state index in [2.05, 4.69) is 10.3 Å². The van der Waals surface area contributed by atoms with E-state index in [4.69, 9.17) is 4.74 Å². The first-order valence-electron chi connectivity index (χ1n) is 9.61. The van der Waals surface area contributed by atoms with E-state index in [1.165, 1.54) is 0 Å². The smallest absolute Gasteiger partial charge is 0.410 e. The van der Waals surface area contributed by atoms with Crippen LogP contribution >= 0.6 is 0 Å². The van der Waals surface area contributed by atoms with Crippen LogP contribution in [0.25, 0.3) is 0 Å². The van der Waals surface area contributed by atoms with Crippen LogP contribution in [0.4, 0.5) is 9.59 Å². The summed E-state index contributed by atoms with van der Waals surface area (Å²) in [6.07, 6.45) is 4.10. The van der Waals surface area contributed by atoms with Gasteiger partial charge in [-0.2, -0.15) is 0 Å². The standard InChI is InChI=1S/C20H32N4O3/c1-20(2,3)27-19(26)23(4)14-16-8-7-13-24(15-16)18(25)22-12-10-17-9-5-6-11-21-17/h5-6,9,11,16H,7-8,10,12-15H2,1-4H3,(H,22,25)/t16-/m0/s1. The quantitative estimate of drug-likeness (QED) is 0.857. The molecule has 1 aliphatic heterocycles. The van der Waals surface area contributed by atoms with Crippen LogP contribution in [0.2, 0.25) is 0 Å². The molecular formula is C20H32N4O3. The molecule has 1 fully saturated rings. The molecule has 2 heterocycles. The average Bonchev–Trinajstić information content (AvgIpc) is 2.61. The fourth-order valence-corrected chi connectivity index (χ4v) is 3.16. The number of rotatable bonds is 5. The molecule has 3 amide bonds. The zero-order valence-corrected chi connectivity index (χ0v) is 16.9. The summed E-state index contributed by atoms with van der Waals surface area (Å²) in [5.74, 6) is 0.262. The Kier molecular flexibility index (Phi) is 7.45. The Morgan fingerprint density at radius 3 is 2.81 bits per heavy atom. The maximum Gasteiger partial charge on any atom is 0.410 e. The van der Waals surface area contributed by atoms with Crippen LogP contribution in [0.3, 0.4) is 0 Å². The molecule has 0 aromatic carbocycles. The van der Waals surface area contributed by atoms with Crippen molar-refractivity contribution in [2.24, 2.45) is 5.92 Å². The Labute approximate surface area is 162 Å². The highest BCUT2D eigenvalue weighted by Crippen LogP contribution is 2.18. The zero-order chi connectivity index (χ0) is 19.9. The van der Waals surface area contributed by atoms with Crippen LogP contribution in [-0.2, 0) is 11.2 Å². The van der Waals surface area contributed by atoms with Crippen molar-refractivity contribution in [3.05, 3.63) is 30.1 Å². The summed E-state index contributed by atoms with van der Waals surface area (Å²) >= 11 is 0. The van der Waals surface area contributed by atoms with Crippen LogP contribution in [0.5, 0.6) is 0 Å². The minimum Gasteiger partial charge on any atom is -0.444 e. The molecule has 0 saturated carbocycles. The first-order chi connectivity index (χ1) is 12.7. The first kappa shape index (κ1) is 21.0. The lowest BCUT2D eigenvalue weighted by molar-refractivity contribution is 0.0252. The molecule has 1 N–H and O–H groups in total. The Morgan fingerprint density at radius 1 is 1.37 bits per heavy atom. The molecule has 7 heteroatoms. The molecule has 1 atom stereocenters. The molecule has 7 nitrogen and oxygen atoms in total. The van der Waals surface area contributed by atoms with Gasteiger partial charge in [-0.1, -0.05) is 6.07 Å². The predicted molar refractivity (Wildman–Crippen MR) is 105 cm³/mol. The number of pyridine rings is 1. The lowest BCUT2D eigenvalue weighted by Crippen LogP contribution is -2.48. The third-order valence-corrected chi connectivity index (χ3v) is 4.43. The fraction of sp³-hybridized carbons (Fsp3) is 0.650. The van der Waals surface area contributed by atoms with E-state index >= 15 is 0 Å². The summed E-state index contributed by atoms with van der Waals surface area (Å²) < 4.78 is 5.40. The molecule has 0 bridgehead atoms. The molecule has 1 saturated heterocycles. The number of hydrogen-bond acceptors (Lipinski definition) is 4. The van der Waals surface area contributed by atoms with E-state index in [1.807, 2.05) is 43.9 Å². The SMILES string of the molecule is CN(C[C@@H]1CCCN(C(=O)NCCc2ccccn2)C1)C(=O)OC(C)(C)C. The molecule has 1 aliphatic rings. The highest BCUT2D eigenvalue weighted by Gasteiger charge is 2.27. The molecule has 1 aromatic heterocycles. The first-order valence-corrected chi connectivity index (χ1v) is 9.61. The van der Waals surface area contributed by atoms with Gasteiger partial charge in [-0.3, -0.25) is 4.98 Å². The highest BCUT2D eigenvalue weighted by atomic mass is 16.6. The van der Waals surface area contributed by atoms with Crippen molar-refractivity contribution in [1.82, 2.24) is 20.1 Å². The van der Waals surface area contributed by atoms with Gasteiger partial charge in [-0.05, 0) is 51.7 Å². The van der Waals surface area contributed by atoms with Gasteiger partial charge in [0.2, 0.25) is 0 Å². The van der Waals surface area contributed by atoms with Gasteiger partial charge in [0.25, 0.3) is 0 Å². The molecule has 2 rings (SSSR count). The van der Waals surface area contributed by atoms with Gasteiger partial charge in [0, 0.05) is 51.5 Å². The molecule has 0 radical (unpaired) electrons. The van der Waals surface area contributed by atoms with E-state index < -0.39 is 5.60 Å². The van der Waals surface area contributed by atoms with Crippen molar-refractivity contribution < 1.29 is 14.3 Å².